The van der Waals surface area contributed by atoms with Crippen LogP contribution in [0, 0.1) is 5.92 Å². The van der Waals surface area contributed by atoms with Gasteiger partial charge in [-0.3, -0.25) is 4.79 Å². The van der Waals surface area contributed by atoms with Crippen LogP contribution >= 0.6 is 0 Å². The fraction of sp³-hybridized carbons (Fsp3) is 0.333. The van der Waals surface area contributed by atoms with Gasteiger partial charge in [-0.05, 0) is 24.5 Å². The molecule has 19 heavy (non-hydrogen) atoms. The van der Waals surface area contributed by atoms with Crippen LogP contribution in [-0.4, -0.2) is 28.9 Å². The number of likely N-dealkylation sites (tertiary alicyclic amines) is 1. The van der Waals surface area contributed by atoms with Crippen LogP contribution in [0.5, 0.6) is 0 Å². The molecule has 0 spiro atoms. The number of fused-ring (bicyclic) bond motifs is 1. The first-order valence-corrected chi connectivity index (χ1v) is 6.59. The highest BCUT2D eigenvalue weighted by Gasteiger charge is 2.25. The normalized spacial score (nSPS) is 19.0. The number of rotatable bonds is 1. The van der Waals surface area contributed by atoms with E-state index in [0.29, 0.717) is 17.3 Å². The Morgan fingerprint density at radius 2 is 2.21 bits per heavy atom. The van der Waals surface area contributed by atoms with E-state index in [4.69, 9.17) is 5.73 Å². The summed E-state index contributed by atoms with van der Waals surface area (Å²) in [5.74, 6) is 1.04. The van der Waals surface area contributed by atoms with Crippen molar-refractivity contribution in [3.63, 3.8) is 0 Å². The standard InChI is InChI=1S/C15H17N3O/c1-10-6-7-18(9-10)15(19)12-8-14(16)17-13-5-3-2-4-11(12)13/h2-5,8,10H,6-7,9H2,1H3,(H2,16,17). The lowest BCUT2D eigenvalue weighted by molar-refractivity contribution is 0.0790. The quantitative estimate of drug-likeness (QED) is 0.850. The van der Waals surface area contributed by atoms with Crippen molar-refractivity contribution in [1.29, 1.82) is 0 Å². The molecule has 1 amide bonds. The van der Waals surface area contributed by atoms with Gasteiger partial charge in [-0.15, -0.1) is 0 Å². The van der Waals surface area contributed by atoms with Gasteiger partial charge in [0.25, 0.3) is 5.91 Å². The maximum absolute atomic E-state index is 12.6. The zero-order chi connectivity index (χ0) is 13.4. The first kappa shape index (κ1) is 12.0. The van der Waals surface area contributed by atoms with E-state index < -0.39 is 0 Å². The summed E-state index contributed by atoms with van der Waals surface area (Å²) in [5.41, 5.74) is 7.25. The second-order valence-electron chi connectivity index (χ2n) is 5.26. The molecular formula is C15H17N3O. The summed E-state index contributed by atoms with van der Waals surface area (Å²) >= 11 is 0. The van der Waals surface area contributed by atoms with Crippen molar-refractivity contribution in [1.82, 2.24) is 9.88 Å². The first-order valence-electron chi connectivity index (χ1n) is 6.59. The molecule has 0 saturated carbocycles. The van der Waals surface area contributed by atoms with Crippen LogP contribution in [0.1, 0.15) is 23.7 Å². The molecule has 1 fully saturated rings. The number of carbonyl (C=O) groups excluding carboxylic acids is 1. The zero-order valence-corrected chi connectivity index (χ0v) is 11.0. The van der Waals surface area contributed by atoms with Gasteiger partial charge in [0.15, 0.2) is 0 Å². The number of hydrogen-bond donors (Lipinski definition) is 1. The molecule has 1 atom stereocenters. The number of aromatic nitrogens is 1. The molecule has 4 nitrogen and oxygen atoms in total. The maximum Gasteiger partial charge on any atom is 0.254 e. The summed E-state index contributed by atoms with van der Waals surface area (Å²) in [6.07, 6.45) is 1.07. The lowest BCUT2D eigenvalue weighted by Crippen LogP contribution is -2.28. The summed E-state index contributed by atoms with van der Waals surface area (Å²) in [6, 6.07) is 9.32. The van der Waals surface area contributed by atoms with Crippen molar-refractivity contribution in [3.05, 3.63) is 35.9 Å². The van der Waals surface area contributed by atoms with Crippen LogP contribution in [0.3, 0.4) is 0 Å². The third kappa shape index (κ3) is 2.14. The molecule has 1 aliphatic rings. The predicted molar refractivity (Wildman–Crippen MR) is 75.8 cm³/mol. The Morgan fingerprint density at radius 3 is 2.95 bits per heavy atom. The number of nitrogen functional groups attached to an aromatic ring is 1. The van der Waals surface area contributed by atoms with E-state index in [-0.39, 0.29) is 5.91 Å². The number of hydrogen-bond acceptors (Lipinski definition) is 3. The minimum Gasteiger partial charge on any atom is -0.384 e. The van der Waals surface area contributed by atoms with Crippen molar-refractivity contribution in [2.24, 2.45) is 5.92 Å². The van der Waals surface area contributed by atoms with Gasteiger partial charge in [-0.2, -0.15) is 0 Å². The van der Waals surface area contributed by atoms with E-state index in [2.05, 4.69) is 11.9 Å². The van der Waals surface area contributed by atoms with E-state index >= 15 is 0 Å². The molecule has 3 rings (SSSR count). The van der Waals surface area contributed by atoms with Crippen LogP contribution in [0.4, 0.5) is 5.82 Å². The third-order valence-electron chi connectivity index (χ3n) is 3.68. The predicted octanol–water partition coefficient (Wildman–Crippen LogP) is 2.30. The van der Waals surface area contributed by atoms with Crippen LogP contribution in [-0.2, 0) is 0 Å². The molecule has 98 valence electrons. The van der Waals surface area contributed by atoms with Crippen molar-refractivity contribution in [2.45, 2.75) is 13.3 Å². The van der Waals surface area contributed by atoms with Gasteiger partial charge in [0.1, 0.15) is 5.82 Å². The Kier molecular flexibility index (Phi) is 2.85. The lowest BCUT2D eigenvalue weighted by atomic mass is 10.1. The molecule has 1 aromatic heterocycles. The Balaban J connectivity index is 2.06. The van der Waals surface area contributed by atoms with Gasteiger partial charge in [0, 0.05) is 18.5 Å². The fourth-order valence-electron chi connectivity index (χ4n) is 2.66. The van der Waals surface area contributed by atoms with Crippen molar-refractivity contribution < 1.29 is 4.79 Å². The number of para-hydroxylation sites is 1. The number of benzene rings is 1. The third-order valence-corrected chi connectivity index (χ3v) is 3.68. The van der Waals surface area contributed by atoms with E-state index in [0.717, 1.165) is 30.4 Å². The summed E-state index contributed by atoms with van der Waals surface area (Å²) < 4.78 is 0. The van der Waals surface area contributed by atoms with Crippen LogP contribution < -0.4 is 5.73 Å². The number of carbonyl (C=O) groups is 1. The Bertz CT molecular complexity index is 638. The number of anilines is 1. The number of pyridine rings is 1. The number of amides is 1. The van der Waals surface area contributed by atoms with Crippen molar-refractivity contribution in [3.8, 4) is 0 Å². The number of nitrogens with two attached hydrogens (primary N) is 1. The van der Waals surface area contributed by atoms with Crippen molar-refractivity contribution in [2.75, 3.05) is 18.8 Å². The summed E-state index contributed by atoms with van der Waals surface area (Å²) in [4.78, 5) is 18.8. The highest BCUT2D eigenvalue weighted by Crippen LogP contribution is 2.24. The average molecular weight is 255 g/mol. The van der Waals surface area contributed by atoms with Gasteiger partial charge in [-0.1, -0.05) is 25.1 Å². The molecule has 0 aliphatic carbocycles. The summed E-state index contributed by atoms with van der Waals surface area (Å²) in [6.45, 7) is 3.83. The highest BCUT2D eigenvalue weighted by atomic mass is 16.2. The molecular weight excluding hydrogens is 238 g/mol. The molecule has 0 radical (unpaired) electrons. The van der Waals surface area contributed by atoms with Crippen molar-refractivity contribution >= 4 is 22.6 Å². The molecule has 2 aromatic rings. The monoisotopic (exact) mass is 255 g/mol. The summed E-state index contributed by atoms with van der Waals surface area (Å²) in [5, 5.41) is 0.876. The topological polar surface area (TPSA) is 59.2 Å². The lowest BCUT2D eigenvalue weighted by Gasteiger charge is -2.17. The van der Waals surface area contributed by atoms with E-state index in [1.54, 1.807) is 6.07 Å². The van der Waals surface area contributed by atoms with Crippen LogP contribution in [0.25, 0.3) is 10.9 Å². The smallest absolute Gasteiger partial charge is 0.254 e. The molecule has 1 aromatic carbocycles. The molecule has 0 bridgehead atoms. The van der Waals surface area contributed by atoms with E-state index in [1.807, 2.05) is 29.2 Å². The Labute approximate surface area is 112 Å². The molecule has 1 saturated heterocycles. The fourth-order valence-corrected chi connectivity index (χ4v) is 2.66. The Hall–Kier alpha value is -2.10. The van der Waals surface area contributed by atoms with Gasteiger partial charge < -0.3 is 10.6 Å². The molecule has 2 N–H and O–H groups in total. The SMILES string of the molecule is CC1CCN(C(=O)c2cc(N)nc3ccccc23)C1. The minimum absolute atomic E-state index is 0.0645. The Morgan fingerprint density at radius 1 is 1.42 bits per heavy atom. The number of nitrogens with zero attached hydrogens (tertiary/aromatic N) is 2. The van der Waals surface area contributed by atoms with E-state index in [9.17, 15) is 4.79 Å². The zero-order valence-electron chi connectivity index (χ0n) is 11.0. The molecule has 1 unspecified atom stereocenters. The molecule has 1 aliphatic heterocycles. The minimum atomic E-state index is 0.0645. The highest BCUT2D eigenvalue weighted by molar-refractivity contribution is 6.06. The largest absolute Gasteiger partial charge is 0.384 e. The van der Waals surface area contributed by atoms with Gasteiger partial charge in [0.05, 0.1) is 11.1 Å². The molecule has 2 heterocycles. The maximum atomic E-state index is 12.6. The van der Waals surface area contributed by atoms with Crippen LogP contribution in [0.15, 0.2) is 30.3 Å². The second-order valence-corrected chi connectivity index (χ2v) is 5.26. The van der Waals surface area contributed by atoms with Gasteiger partial charge in [0.2, 0.25) is 0 Å². The summed E-state index contributed by atoms with van der Waals surface area (Å²) in [7, 11) is 0. The first-order chi connectivity index (χ1) is 9.15. The van der Waals surface area contributed by atoms with Crippen LogP contribution in [0.2, 0.25) is 0 Å². The average Bonchev–Trinajstić information content (AvgIpc) is 2.83. The second kappa shape index (κ2) is 4.53. The van der Waals surface area contributed by atoms with E-state index in [1.165, 1.54) is 0 Å². The van der Waals surface area contributed by atoms with Gasteiger partial charge in [-0.25, -0.2) is 4.98 Å². The molecule has 4 heteroatoms. The van der Waals surface area contributed by atoms with Gasteiger partial charge >= 0.3 is 0 Å².